The summed E-state index contributed by atoms with van der Waals surface area (Å²) in [5, 5.41) is 2.51. The maximum atomic E-state index is 12.2. The normalized spacial score (nSPS) is 39.1. The van der Waals surface area contributed by atoms with Crippen LogP contribution in [0.5, 0.6) is 0 Å². The molecule has 2 aliphatic heterocycles. The van der Waals surface area contributed by atoms with Crippen LogP contribution in [0, 0.1) is 5.92 Å². The molecular weight excluding hydrogens is 244 g/mol. The molecule has 0 aromatic rings. The molecule has 106 valence electrons. The molecule has 19 heavy (non-hydrogen) atoms. The van der Waals surface area contributed by atoms with Crippen molar-refractivity contribution >= 4 is 11.9 Å². The van der Waals surface area contributed by atoms with E-state index in [1.54, 1.807) is 4.90 Å². The molecule has 3 amide bonds. The summed E-state index contributed by atoms with van der Waals surface area (Å²) in [5.74, 6) is 0.557. The van der Waals surface area contributed by atoms with E-state index in [4.69, 9.17) is 4.74 Å². The molecule has 1 unspecified atom stereocenters. The number of carbonyl (C=O) groups excluding carboxylic acids is 2. The number of imide groups is 1. The van der Waals surface area contributed by atoms with Crippen molar-refractivity contribution in [2.24, 2.45) is 5.92 Å². The molecule has 1 aliphatic carbocycles. The van der Waals surface area contributed by atoms with E-state index in [9.17, 15) is 9.59 Å². The summed E-state index contributed by atoms with van der Waals surface area (Å²) in [6.45, 7) is 3.55. The van der Waals surface area contributed by atoms with Gasteiger partial charge >= 0.3 is 6.03 Å². The van der Waals surface area contributed by atoms with Crippen LogP contribution in [0.3, 0.4) is 0 Å². The number of rotatable bonds is 2. The quantitative estimate of drug-likeness (QED) is 0.773. The molecule has 0 aromatic heterocycles. The molecule has 5 heteroatoms. The average Bonchev–Trinajstić information content (AvgIpc) is 2.96. The van der Waals surface area contributed by atoms with E-state index in [0.717, 1.165) is 45.1 Å². The van der Waals surface area contributed by atoms with Crippen LogP contribution in [-0.4, -0.2) is 41.6 Å². The summed E-state index contributed by atoms with van der Waals surface area (Å²) in [5.41, 5.74) is -0.588. The van der Waals surface area contributed by atoms with Gasteiger partial charge in [-0.2, -0.15) is 0 Å². The molecule has 1 atom stereocenters. The van der Waals surface area contributed by atoms with Crippen LogP contribution in [0.2, 0.25) is 0 Å². The fraction of sp³-hybridized carbons (Fsp3) is 0.857. The van der Waals surface area contributed by atoms with Crippen LogP contribution < -0.4 is 5.32 Å². The number of nitrogens with zero attached hydrogens (tertiary/aromatic N) is 1. The summed E-state index contributed by atoms with van der Waals surface area (Å²) in [7, 11) is 0. The Labute approximate surface area is 113 Å². The van der Waals surface area contributed by atoms with Gasteiger partial charge in [-0.3, -0.25) is 10.1 Å². The highest BCUT2D eigenvalue weighted by molar-refractivity contribution is 6.07. The highest BCUT2D eigenvalue weighted by Gasteiger charge is 2.54. The van der Waals surface area contributed by atoms with Crippen molar-refractivity contribution in [1.82, 2.24) is 10.2 Å². The molecule has 3 aliphatic rings. The third-order valence-electron chi connectivity index (χ3n) is 4.92. The first-order chi connectivity index (χ1) is 9.12. The molecule has 1 saturated carbocycles. The van der Waals surface area contributed by atoms with Crippen LogP contribution in [0.25, 0.3) is 0 Å². The van der Waals surface area contributed by atoms with Crippen molar-refractivity contribution in [3.63, 3.8) is 0 Å². The molecule has 0 radical (unpaired) electrons. The first-order valence-electron chi connectivity index (χ1n) is 7.36. The van der Waals surface area contributed by atoms with Crippen molar-refractivity contribution in [3.05, 3.63) is 0 Å². The largest absolute Gasteiger partial charge is 0.376 e. The molecule has 2 heterocycles. The number of amides is 3. The lowest BCUT2D eigenvalue weighted by molar-refractivity contribution is -0.129. The van der Waals surface area contributed by atoms with E-state index in [1.165, 1.54) is 0 Å². The minimum atomic E-state index is -0.588. The third kappa shape index (κ3) is 2.14. The van der Waals surface area contributed by atoms with Crippen LogP contribution in [0.4, 0.5) is 4.79 Å². The molecule has 3 fully saturated rings. The van der Waals surface area contributed by atoms with E-state index in [-0.39, 0.29) is 18.0 Å². The van der Waals surface area contributed by atoms with Crippen molar-refractivity contribution in [2.45, 2.75) is 57.1 Å². The fourth-order valence-corrected chi connectivity index (χ4v) is 3.58. The monoisotopic (exact) mass is 266 g/mol. The Balaban J connectivity index is 1.78. The minimum absolute atomic E-state index is 0.0950. The molecule has 3 rings (SSSR count). The summed E-state index contributed by atoms with van der Waals surface area (Å²) in [4.78, 5) is 26.1. The SMILES string of the molecule is CC1CCC2(CC1)C(=O)NC(=O)N2CC1CCCO1. The summed E-state index contributed by atoms with van der Waals surface area (Å²) < 4.78 is 5.62. The van der Waals surface area contributed by atoms with Gasteiger partial charge in [0.2, 0.25) is 0 Å². The van der Waals surface area contributed by atoms with E-state index in [0.29, 0.717) is 12.5 Å². The predicted molar refractivity (Wildman–Crippen MR) is 69.6 cm³/mol. The Morgan fingerprint density at radius 2 is 2.05 bits per heavy atom. The lowest BCUT2D eigenvalue weighted by Gasteiger charge is -2.40. The molecule has 1 N–H and O–H groups in total. The zero-order chi connectivity index (χ0) is 13.5. The van der Waals surface area contributed by atoms with Crippen LogP contribution >= 0.6 is 0 Å². The number of nitrogens with one attached hydrogen (secondary N) is 1. The molecule has 0 aromatic carbocycles. The van der Waals surface area contributed by atoms with E-state index >= 15 is 0 Å². The van der Waals surface area contributed by atoms with Crippen LogP contribution in [-0.2, 0) is 9.53 Å². The summed E-state index contributed by atoms with van der Waals surface area (Å²) in [6.07, 6.45) is 5.76. The second kappa shape index (κ2) is 4.78. The van der Waals surface area contributed by atoms with Crippen molar-refractivity contribution in [1.29, 1.82) is 0 Å². The number of urea groups is 1. The Morgan fingerprint density at radius 1 is 1.32 bits per heavy atom. The molecule has 1 spiro atoms. The average molecular weight is 266 g/mol. The lowest BCUT2D eigenvalue weighted by atomic mass is 9.76. The van der Waals surface area contributed by atoms with Gasteiger partial charge in [0.25, 0.3) is 5.91 Å². The molecule has 5 nitrogen and oxygen atoms in total. The Bertz CT molecular complexity index is 382. The van der Waals surface area contributed by atoms with Crippen molar-refractivity contribution in [2.75, 3.05) is 13.2 Å². The highest BCUT2D eigenvalue weighted by Crippen LogP contribution is 2.39. The van der Waals surface area contributed by atoms with Gasteiger partial charge in [0.05, 0.1) is 6.10 Å². The lowest BCUT2D eigenvalue weighted by Crippen LogP contribution is -2.53. The molecule has 2 saturated heterocycles. The number of ether oxygens (including phenoxy) is 1. The topological polar surface area (TPSA) is 58.6 Å². The van der Waals surface area contributed by atoms with Crippen LogP contribution in [0.1, 0.15) is 45.4 Å². The van der Waals surface area contributed by atoms with Gasteiger partial charge in [-0.05, 0) is 44.4 Å². The van der Waals surface area contributed by atoms with Gasteiger partial charge in [-0.25, -0.2) is 4.79 Å². The number of hydrogen-bond donors (Lipinski definition) is 1. The van der Waals surface area contributed by atoms with Crippen LogP contribution in [0.15, 0.2) is 0 Å². The summed E-state index contributed by atoms with van der Waals surface area (Å²) in [6, 6.07) is -0.227. The molecule has 0 bridgehead atoms. The second-order valence-corrected chi connectivity index (χ2v) is 6.22. The Kier molecular flexibility index (Phi) is 3.25. The Morgan fingerprint density at radius 3 is 2.68 bits per heavy atom. The number of hydrogen-bond acceptors (Lipinski definition) is 3. The first kappa shape index (κ1) is 12.9. The maximum absolute atomic E-state index is 12.2. The smallest absolute Gasteiger partial charge is 0.325 e. The maximum Gasteiger partial charge on any atom is 0.325 e. The van der Waals surface area contributed by atoms with Crippen molar-refractivity contribution < 1.29 is 14.3 Å². The van der Waals surface area contributed by atoms with Gasteiger partial charge in [-0.15, -0.1) is 0 Å². The van der Waals surface area contributed by atoms with E-state index < -0.39 is 5.54 Å². The standard InChI is InChI=1S/C14H22N2O3/c1-10-4-6-14(7-5-10)12(17)15-13(18)16(14)9-11-3-2-8-19-11/h10-11H,2-9H2,1H3,(H,15,17,18). The zero-order valence-corrected chi connectivity index (χ0v) is 11.5. The fourth-order valence-electron chi connectivity index (χ4n) is 3.58. The zero-order valence-electron chi connectivity index (χ0n) is 11.5. The van der Waals surface area contributed by atoms with Gasteiger partial charge in [0, 0.05) is 13.2 Å². The first-order valence-corrected chi connectivity index (χ1v) is 7.36. The minimum Gasteiger partial charge on any atom is -0.376 e. The van der Waals surface area contributed by atoms with E-state index in [1.807, 2.05) is 0 Å². The van der Waals surface area contributed by atoms with E-state index in [2.05, 4.69) is 12.2 Å². The number of carbonyl (C=O) groups is 2. The van der Waals surface area contributed by atoms with Gasteiger partial charge < -0.3 is 9.64 Å². The summed E-state index contributed by atoms with van der Waals surface area (Å²) >= 11 is 0. The highest BCUT2D eigenvalue weighted by atomic mass is 16.5. The third-order valence-corrected chi connectivity index (χ3v) is 4.92. The molecular formula is C14H22N2O3. The van der Waals surface area contributed by atoms with Gasteiger partial charge in [-0.1, -0.05) is 6.92 Å². The van der Waals surface area contributed by atoms with Gasteiger partial charge in [0.15, 0.2) is 0 Å². The van der Waals surface area contributed by atoms with Crippen molar-refractivity contribution in [3.8, 4) is 0 Å². The second-order valence-electron chi connectivity index (χ2n) is 6.22. The predicted octanol–water partition coefficient (Wildman–Crippen LogP) is 1.67. The van der Waals surface area contributed by atoms with Gasteiger partial charge in [0.1, 0.15) is 5.54 Å². The Hall–Kier alpha value is -1.10.